The lowest BCUT2D eigenvalue weighted by Crippen LogP contribution is -2.11. The van der Waals surface area contributed by atoms with E-state index in [1.54, 1.807) is 0 Å². The molecule has 3 nitrogen and oxygen atoms in total. The van der Waals surface area contributed by atoms with Crippen molar-refractivity contribution in [3.05, 3.63) is 30.5 Å². The second kappa shape index (κ2) is 8.15. The van der Waals surface area contributed by atoms with Crippen molar-refractivity contribution in [2.45, 2.75) is 50.8 Å². The van der Waals surface area contributed by atoms with Crippen molar-refractivity contribution in [1.82, 2.24) is 4.57 Å². The van der Waals surface area contributed by atoms with E-state index < -0.39 is 0 Å². The number of carbonyl (C=O) groups excluding carboxylic acids is 1. The number of nitrogens with one attached hydrogen (secondary N) is 1. The first-order chi connectivity index (χ1) is 11.3. The number of fused-ring (bicyclic) bond motifs is 1. The van der Waals surface area contributed by atoms with Gasteiger partial charge in [0.2, 0.25) is 5.91 Å². The van der Waals surface area contributed by atoms with Gasteiger partial charge in [-0.1, -0.05) is 28.0 Å². The first kappa shape index (κ1) is 16.8. The van der Waals surface area contributed by atoms with Crippen molar-refractivity contribution in [1.29, 1.82) is 0 Å². The fraction of sp³-hybridized carbons (Fsp3) is 0.500. The summed E-state index contributed by atoms with van der Waals surface area (Å²) >= 11 is 0. The third-order valence-corrected chi connectivity index (χ3v) is 7.31. The molecule has 2 aromatic rings. The molecule has 1 fully saturated rings. The predicted octanol–water partition coefficient (Wildman–Crippen LogP) is 5.31. The molecular formula is C18H24N2OS2. The summed E-state index contributed by atoms with van der Waals surface area (Å²) in [6.45, 7) is 3.10. The quantitative estimate of drug-likeness (QED) is 0.543. The van der Waals surface area contributed by atoms with Gasteiger partial charge < -0.3 is 9.88 Å². The van der Waals surface area contributed by atoms with Crippen LogP contribution >= 0.6 is 21.6 Å². The van der Waals surface area contributed by atoms with Gasteiger partial charge in [-0.25, -0.2) is 0 Å². The molecule has 23 heavy (non-hydrogen) atoms. The second-order valence-electron chi connectivity index (χ2n) is 6.00. The molecule has 5 heteroatoms. The van der Waals surface area contributed by atoms with E-state index in [-0.39, 0.29) is 5.91 Å². The summed E-state index contributed by atoms with van der Waals surface area (Å²) in [7, 11) is 4.01. The van der Waals surface area contributed by atoms with Gasteiger partial charge in [0.15, 0.2) is 0 Å². The van der Waals surface area contributed by atoms with Crippen LogP contribution in [0.25, 0.3) is 10.9 Å². The molecule has 0 aliphatic carbocycles. The van der Waals surface area contributed by atoms with Crippen LogP contribution in [0, 0.1) is 0 Å². The third-order valence-electron chi connectivity index (χ3n) is 4.30. The summed E-state index contributed by atoms with van der Waals surface area (Å²) in [5, 5.41) is 5.03. The highest BCUT2D eigenvalue weighted by Crippen LogP contribution is 2.39. The molecule has 1 aromatic carbocycles. The number of unbranched alkanes of at least 4 members (excludes halogenated alkanes) is 1. The largest absolute Gasteiger partial charge is 0.348 e. The summed E-state index contributed by atoms with van der Waals surface area (Å²) < 4.78 is 2.21. The second-order valence-corrected chi connectivity index (χ2v) is 8.79. The van der Waals surface area contributed by atoms with Gasteiger partial charge in [0, 0.05) is 46.8 Å². The average molecular weight is 349 g/mol. The first-order valence-electron chi connectivity index (χ1n) is 8.43. The van der Waals surface area contributed by atoms with Crippen molar-refractivity contribution in [3.8, 4) is 0 Å². The highest BCUT2D eigenvalue weighted by molar-refractivity contribution is 8.77. The lowest BCUT2D eigenvalue weighted by atomic mass is 10.1. The Kier molecular flexibility index (Phi) is 5.95. The highest BCUT2D eigenvalue weighted by Gasteiger charge is 2.15. The summed E-state index contributed by atoms with van der Waals surface area (Å²) in [5.41, 5.74) is 2.12. The third kappa shape index (κ3) is 4.48. The van der Waals surface area contributed by atoms with Crippen molar-refractivity contribution < 1.29 is 4.79 Å². The van der Waals surface area contributed by atoms with Gasteiger partial charge in [-0.2, -0.15) is 0 Å². The van der Waals surface area contributed by atoms with Gasteiger partial charge >= 0.3 is 0 Å². The Morgan fingerprint density at radius 3 is 3.04 bits per heavy atom. The predicted molar refractivity (Wildman–Crippen MR) is 103 cm³/mol. The van der Waals surface area contributed by atoms with Gasteiger partial charge in [0.1, 0.15) is 0 Å². The molecule has 124 valence electrons. The Bertz CT molecular complexity index is 662. The maximum Gasteiger partial charge on any atom is 0.224 e. The van der Waals surface area contributed by atoms with Crippen LogP contribution in [0.15, 0.2) is 30.5 Å². The zero-order chi connectivity index (χ0) is 16.1. The lowest BCUT2D eigenvalue weighted by Gasteiger charge is -2.08. The van der Waals surface area contributed by atoms with E-state index in [1.807, 2.05) is 27.7 Å². The standard InChI is InChI=1S/C18H24N2OS2/c1-2-20-11-9-14-13-15(7-8-17(14)20)19-18(21)6-4-3-5-16-10-12-22-23-16/h7-9,11,13,16H,2-6,10,12H2,1H3,(H,19,21). The molecule has 1 unspecified atom stereocenters. The number of nitrogens with zero attached hydrogens (tertiary/aromatic N) is 1. The Morgan fingerprint density at radius 2 is 2.26 bits per heavy atom. The van der Waals surface area contributed by atoms with Crippen LogP contribution in [-0.2, 0) is 11.3 Å². The molecule has 1 amide bonds. The SMILES string of the molecule is CCn1ccc2cc(NC(=O)CCCCC3CCSS3)ccc21. The van der Waals surface area contributed by atoms with Crippen LogP contribution in [0.3, 0.4) is 0 Å². The fourth-order valence-corrected chi connectivity index (χ4v) is 6.03. The Morgan fingerprint density at radius 1 is 1.35 bits per heavy atom. The topological polar surface area (TPSA) is 34.0 Å². The smallest absolute Gasteiger partial charge is 0.224 e. The Hall–Kier alpha value is -1.07. The van der Waals surface area contributed by atoms with Crippen LogP contribution < -0.4 is 5.32 Å². The van der Waals surface area contributed by atoms with E-state index >= 15 is 0 Å². The van der Waals surface area contributed by atoms with Gasteiger partial charge in [-0.15, -0.1) is 0 Å². The van der Waals surface area contributed by atoms with E-state index in [0.717, 1.165) is 30.3 Å². The zero-order valence-corrected chi connectivity index (χ0v) is 15.2. The number of hydrogen-bond acceptors (Lipinski definition) is 3. The number of anilines is 1. The molecule has 1 N–H and O–H groups in total. The van der Waals surface area contributed by atoms with Crippen LogP contribution in [0.5, 0.6) is 0 Å². The van der Waals surface area contributed by atoms with Crippen LogP contribution in [0.1, 0.15) is 39.0 Å². The average Bonchev–Trinajstić information content (AvgIpc) is 3.20. The molecule has 0 bridgehead atoms. The summed E-state index contributed by atoms with van der Waals surface area (Å²) in [6.07, 6.45) is 7.45. The zero-order valence-electron chi connectivity index (χ0n) is 13.6. The van der Waals surface area contributed by atoms with E-state index in [9.17, 15) is 4.79 Å². The monoisotopic (exact) mass is 348 g/mol. The number of hydrogen-bond donors (Lipinski definition) is 1. The minimum atomic E-state index is 0.132. The van der Waals surface area contributed by atoms with Crippen molar-refractivity contribution in [2.24, 2.45) is 0 Å². The summed E-state index contributed by atoms with van der Waals surface area (Å²) in [4.78, 5) is 12.1. The van der Waals surface area contributed by atoms with E-state index in [1.165, 1.54) is 29.5 Å². The number of benzene rings is 1. The normalized spacial score (nSPS) is 17.7. The molecule has 1 aliphatic heterocycles. The number of aromatic nitrogens is 1. The minimum absolute atomic E-state index is 0.132. The van der Waals surface area contributed by atoms with E-state index in [2.05, 4.69) is 41.2 Å². The molecule has 0 radical (unpaired) electrons. The van der Waals surface area contributed by atoms with Crippen molar-refractivity contribution in [3.63, 3.8) is 0 Å². The maximum atomic E-state index is 12.1. The molecule has 1 aromatic heterocycles. The molecule has 3 rings (SSSR count). The maximum absolute atomic E-state index is 12.1. The molecule has 1 saturated heterocycles. The van der Waals surface area contributed by atoms with Crippen molar-refractivity contribution >= 4 is 44.1 Å². The number of carbonyl (C=O) groups is 1. The number of rotatable bonds is 7. The van der Waals surface area contributed by atoms with Crippen molar-refractivity contribution in [2.75, 3.05) is 11.1 Å². The van der Waals surface area contributed by atoms with Crippen LogP contribution in [0.4, 0.5) is 5.69 Å². The van der Waals surface area contributed by atoms with Gasteiger partial charge in [0.05, 0.1) is 0 Å². The van der Waals surface area contributed by atoms with Gasteiger partial charge in [-0.05, 0) is 50.5 Å². The molecular weight excluding hydrogens is 324 g/mol. The highest BCUT2D eigenvalue weighted by atomic mass is 33.1. The molecule has 1 aliphatic rings. The summed E-state index contributed by atoms with van der Waals surface area (Å²) in [6, 6.07) is 8.25. The Balaban J connectivity index is 1.45. The number of aryl methyl sites for hydroxylation is 1. The number of amides is 1. The summed E-state index contributed by atoms with van der Waals surface area (Å²) in [5.74, 6) is 1.42. The lowest BCUT2D eigenvalue weighted by molar-refractivity contribution is -0.116. The molecule has 0 spiro atoms. The van der Waals surface area contributed by atoms with Gasteiger partial charge in [-0.3, -0.25) is 4.79 Å². The molecule has 2 heterocycles. The van der Waals surface area contributed by atoms with Crippen LogP contribution in [-0.4, -0.2) is 21.5 Å². The first-order valence-corrected chi connectivity index (χ1v) is 10.8. The van der Waals surface area contributed by atoms with Gasteiger partial charge in [0.25, 0.3) is 0 Å². The minimum Gasteiger partial charge on any atom is -0.348 e. The van der Waals surface area contributed by atoms with Crippen LogP contribution in [0.2, 0.25) is 0 Å². The molecule has 1 atom stereocenters. The van der Waals surface area contributed by atoms with E-state index in [0.29, 0.717) is 6.42 Å². The molecule has 0 saturated carbocycles. The Labute approximate surface area is 146 Å². The van der Waals surface area contributed by atoms with E-state index in [4.69, 9.17) is 0 Å². The fourth-order valence-electron chi connectivity index (χ4n) is 3.00.